The van der Waals surface area contributed by atoms with E-state index in [0.29, 0.717) is 11.7 Å². The number of ether oxygens (including phenoxy) is 1. The van der Waals surface area contributed by atoms with Crippen molar-refractivity contribution in [1.29, 1.82) is 0 Å². The van der Waals surface area contributed by atoms with Crippen molar-refractivity contribution in [2.24, 2.45) is 0 Å². The number of nitrogens with one attached hydrogen (secondary N) is 2. The summed E-state index contributed by atoms with van der Waals surface area (Å²) in [4.78, 5) is 0. The molecule has 4 nitrogen and oxygen atoms in total. The van der Waals surface area contributed by atoms with E-state index >= 15 is 0 Å². The van der Waals surface area contributed by atoms with Crippen molar-refractivity contribution in [3.63, 3.8) is 0 Å². The quantitative estimate of drug-likeness (QED) is 0.577. The lowest BCUT2D eigenvalue weighted by molar-refractivity contribution is 0.145. The maximum absolute atomic E-state index is 5.42. The predicted octanol–water partition coefficient (Wildman–Crippen LogP) is 1.98. The molecule has 0 aliphatic carbocycles. The van der Waals surface area contributed by atoms with Crippen molar-refractivity contribution in [3.8, 4) is 0 Å². The Morgan fingerprint density at radius 3 is 2.88 bits per heavy atom. The van der Waals surface area contributed by atoms with Gasteiger partial charge in [-0.25, -0.2) is 0 Å². The molecule has 0 fully saturated rings. The van der Waals surface area contributed by atoms with E-state index in [2.05, 4.69) is 10.6 Å². The first kappa shape index (κ1) is 14.0. The highest BCUT2D eigenvalue weighted by Crippen LogP contribution is 2.05. The Kier molecular flexibility index (Phi) is 6.65. The van der Waals surface area contributed by atoms with Crippen LogP contribution in [0.25, 0.3) is 0 Å². The Morgan fingerprint density at radius 1 is 1.41 bits per heavy atom. The van der Waals surface area contributed by atoms with Crippen LogP contribution in [0.15, 0.2) is 16.5 Å². The Bertz CT molecular complexity index is 339. The topological polar surface area (TPSA) is 46.4 Å². The molecule has 0 unspecified atom stereocenters. The van der Waals surface area contributed by atoms with E-state index in [9.17, 15) is 0 Å². The third-order valence-corrected chi connectivity index (χ3v) is 2.46. The second-order valence-corrected chi connectivity index (χ2v) is 4.08. The van der Waals surface area contributed by atoms with E-state index in [1.165, 1.54) is 0 Å². The lowest BCUT2D eigenvalue weighted by atomic mass is 10.4. The summed E-state index contributed by atoms with van der Waals surface area (Å²) in [6, 6.07) is 3.88. The van der Waals surface area contributed by atoms with Crippen LogP contribution >= 0.6 is 12.2 Å². The van der Waals surface area contributed by atoms with Gasteiger partial charge in [0.05, 0.1) is 6.54 Å². The van der Waals surface area contributed by atoms with Gasteiger partial charge in [-0.2, -0.15) is 0 Å². The molecule has 0 aliphatic rings. The van der Waals surface area contributed by atoms with Crippen LogP contribution in [0.4, 0.5) is 0 Å². The molecule has 96 valence electrons. The summed E-state index contributed by atoms with van der Waals surface area (Å²) in [7, 11) is 0. The molecule has 0 bridgehead atoms. The monoisotopic (exact) mass is 256 g/mol. The van der Waals surface area contributed by atoms with Gasteiger partial charge in [0.2, 0.25) is 0 Å². The third kappa shape index (κ3) is 6.28. The molecule has 5 heteroatoms. The first-order valence-electron chi connectivity index (χ1n) is 5.87. The van der Waals surface area contributed by atoms with Gasteiger partial charge in [-0.1, -0.05) is 0 Å². The number of aryl methyl sites for hydroxylation is 1. The SMILES string of the molecule is CCOCCCNC(=S)NCc1ccc(C)o1. The first-order chi connectivity index (χ1) is 8.22. The van der Waals surface area contributed by atoms with Crippen LogP contribution in [0.2, 0.25) is 0 Å². The minimum Gasteiger partial charge on any atom is -0.465 e. The van der Waals surface area contributed by atoms with Gasteiger partial charge in [-0.05, 0) is 44.6 Å². The highest BCUT2D eigenvalue weighted by atomic mass is 32.1. The Labute approximate surface area is 108 Å². The normalized spacial score (nSPS) is 10.2. The van der Waals surface area contributed by atoms with E-state index in [4.69, 9.17) is 21.4 Å². The number of furan rings is 1. The van der Waals surface area contributed by atoms with Crippen molar-refractivity contribution in [2.75, 3.05) is 19.8 Å². The molecular weight excluding hydrogens is 236 g/mol. The van der Waals surface area contributed by atoms with Gasteiger partial charge in [0.1, 0.15) is 11.5 Å². The van der Waals surface area contributed by atoms with E-state index in [1.807, 2.05) is 26.0 Å². The molecule has 0 aromatic carbocycles. The zero-order valence-electron chi connectivity index (χ0n) is 10.4. The Morgan fingerprint density at radius 2 is 2.24 bits per heavy atom. The molecule has 2 N–H and O–H groups in total. The number of hydrogen-bond donors (Lipinski definition) is 2. The molecule has 0 aliphatic heterocycles. The molecule has 0 spiro atoms. The van der Waals surface area contributed by atoms with Crippen LogP contribution < -0.4 is 10.6 Å². The maximum Gasteiger partial charge on any atom is 0.166 e. The molecule has 0 saturated heterocycles. The van der Waals surface area contributed by atoms with Crippen molar-refractivity contribution in [2.45, 2.75) is 26.8 Å². The van der Waals surface area contributed by atoms with Gasteiger partial charge in [0.15, 0.2) is 5.11 Å². The van der Waals surface area contributed by atoms with Crippen LogP contribution in [-0.2, 0) is 11.3 Å². The van der Waals surface area contributed by atoms with Crippen molar-refractivity contribution < 1.29 is 9.15 Å². The third-order valence-electron chi connectivity index (χ3n) is 2.17. The molecule has 1 heterocycles. The van der Waals surface area contributed by atoms with Gasteiger partial charge >= 0.3 is 0 Å². The van der Waals surface area contributed by atoms with E-state index in [0.717, 1.165) is 37.7 Å². The molecule has 0 amide bonds. The van der Waals surface area contributed by atoms with Gasteiger partial charge in [-0.3, -0.25) is 0 Å². The zero-order valence-corrected chi connectivity index (χ0v) is 11.2. The van der Waals surface area contributed by atoms with Crippen molar-refractivity contribution in [1.82, 2.24) is 10.6 Å². The van der Waals surface area contributed by atoms with Gasteiger partial charge in [0, 0.05) is 19.8 Å². The predicted molar refractivity (Wildman–Crippen MR) is 72.0 cm³/mol. The molecule has 1 aromatic rings. The number of rotatable bonds is 7. The molecule has 1 rings (SSSR count). The van der Waals surface area contributed by atoms with Crippen LogP contribution in [0.1, 0.15) is 24.9 Å². The highest BCUT2D eigenvalue weighted by Gasteiger charge is 1.99. The largest absolute Gasteiger partial charge is 0.465 e. The second kappa shape index (κ2) is 8.08. The average molecular weight is 256 g/mol. The summed E-state index contributed by atoms with van der Waals surface area (Å²) < 4.78 is 10.7. The lowest BCUT2D eigenvalue weighted by Gasteiger charge is -2.09. The fourth-order valence-electron chi connectivity index (χ4n) is 1.33. The van der Waals surface area contributed by atoms with Gasteiger partial charge in [0.25, 0.3) is 0 Å². The standard InChI is InChI=1S/C12H20N2O2S/c1-3-15-8-4-7-13-12(17)14-9-11-6-5-10(2)16-11/h5-6H,3-4,7-9H2,1-2H3,(H2,13,14,17). The summed E-state index contributed by atoms with van der Waals surface area (Å²) in [6.45, 7) is 6.89. The highest BCUT2D eigenvalue weighted by molar-refractivity contribution is 7.80. The van der Waals surface area contributed by atoms with E-state index in [-0.39, 0.29) is 0 Å². The summed E-state index contributed by atoms with van der Waals surface area (Å²) in [5.74, 6) is 1.80. The molecule has 0 saturated carbocycles. The van der Waals surface area contributed by atoms with Crippen LogP contribution in [-0.4, -0.2) is 24.9 Å². The fraction of sp³-hybridized carbons (Fsp3) is 0.583. The van der Waals surface area contributed by atoms with Crippen molar-refractivity contribution in [3.05, 3.63) is 23.7 Å². The summed E-state index contributed by atoms with van der Waals surface area (Å²) in [5, 5.41) is 6.85. The molecule has 0 radical (unpaired) electrons. The summed E-state index contributed by atoms with van der Waals surface area (Å²) in [5.41, 5.74) is 0. The minimum atomic E-state index is 0.616. The summed E-state index contributed by atoms with van der Waals surface area (Å²) in [6.07, 6.45) is 0.954. The fourth-order valence-corrected chi connectivity index (χ4v) is 1.50. The maximum atomic E-state index is 5.42. The molecule has 17 heavy (non-hydrogen) atoms. The molecular formula is C12H20N2O2S. The smallest absolute Gasteiger partial charge is 0.166 e. The Balaban J connectivity index is 2.05. The summed E-state index contributed by atoms with van der Waals surface area (Å²) >= 11 is 5.13. The first-order valence-corrected chi connectivity index (χ1v) is 6.28. The van der Waals surface area contributed by atoms with Gasteiger partial charge < -0.3 is 19.8 Å². The zero-order chi connectivity index (χ0) is 12.5. The average Bonchev–Trinajstić information content (AvgIpc) is 2.72. The Hall–Kier alpha value is -1.07. The van der Waals surface area contributed by atoms with Gasteiger partial charge in [-0.15, -0.1) is 0 Å². The van der Waals surface area contributed by atoms with Crippen LogP contribution in [0.5, 0.6) is 0 Å². The van der Waals surface area contributed by atoms with Crippen LogP contribution in [0.3, 0.4) is 0 Å². The van der Waals surface area contributed by atoms with E-state index < -0.39 is 0 Å². The molecule has 1 aromatic heterocycles. The minimum absolute atomic E-state index is 0.616. The number of hydrogen-bond acceptors (Lipinski definition) is 3. The molecule has 0 atom stereocenters. The van der Waals surface area contributed by atoms with E-state index in [1.54, 1.807) is 0 Å². The van der Waals surface area contributed by atoms with Crippen LogP contribution in [0, 0.1) is 6.92 Å². The number of thiocarbonyl (C=S) groups is 1. The van der Waals surface area contributed by atoms with Crippen molar-refractivity contribution >= 4 is 17.3 Å². The second-order valence-electron chi connectivity index (χ2n) is 3.67. The lowest BCUT2D eigenvalue weighted by Crippen LogP contribution is -2.35.